The minimum atomic E-state index is -0.392. The summed E-state index contributed by atoms with van der Waals surface area (Å²) in [5.74, 6) is -0.682. The van der Waals surface area contributed by atoms with E-state index in [2.05, 4.69) is 0 Å². The van der Waals surface area contributed by atoms with Gasteiger partial charge < -0.3 is 4.74 Å². The fourth-order valence-electron chi connectivity index (χ4n) is 1.46. The second-order valence-corrected chi connectivity index (χ2v) is 3.37. The number of esters is 1. The van der Waals surface area contributed by atoms with E-state index in [-0.39, 0.29) is 12.4 Å². The molecule has 16 heavy (non-hydrogen) atoms. The second kappa shape index (κ2) is 6.06. The average Bonchev–Trinajstić information content (AvgIpc) is 2.27. The Bertz CT molecular complexity index is 377. The second-order valence-electron chi connectivity index (χ2n) is 3.37. The van der Waals surface area contributed by atoms with Crippen LogP contribution in [0.4, 0.5) is 4.39 Å². The number of nitriles is 1. The molecule has 1 aliphatic rings. The van der Waals surface area contributed by atoms with Gasteiger partial charge in [0, 0.05) is 12.8 Å². The minimum absolute atomic E-state index is 0.234. The van der Waals surface area contributed by atoms with Crippen molar-refractivity contribution in [2.45, 2.75) is 26.2 Å². The van der Waals surface area contributed by atoms with Crippen molar-refractivity contribution in [1.82, 2.24) is 0 Å². The summed E-state index contributed by atoms with van der Waals surface area (Å²) in [5.41, 5.74) is 1.11. The van der Waals surface area contributed by atoms with E-state index in [0.29, 0.717) is 25.0 Å². The van der Waals surface area contributed by atoms with Crippen molar-refractivity contribution in [1.29, 1.82) is 5.26 Å². The van der Waals surface area contributed by atoms with Crippen LogP contribution in [0.5, 0.6) is 0 Å². The van der Waals surface area contributed by atoms with Crippen LogP contribution in [-0.2, 0) is 9.53 Å². The van der Waals surface area contributed by atoms with E-state index >= 15 is 0 Å². The molecule has 1 rings (SSSR count). The van der Waals surface area contributed by atoms with Crippen molar-refractivity contribution < 1.29 is 13.9 Å². The number of carbonyl (C=O) groups is 1. The zero-order chi connectivity index (χ0) is 12.0. The monoisotopic (exact) mass is 222 g/mol. The third-order valence-electron chi connectivity index (χ3n) is 2.26. The van der Waals surface area contributed by atoms with Gasteiger partial charge in [-0.05, 0) is 25.8 Å². The van der Waals surface area contributed by atoms with Crippen LogP contribution in [0.3, 0.4) is 0 Å². The summed E-state index contributed by atoms with van der Waals surface area (Å²) in [6.45, 7) is 2.09. The number of carbonyl (C=O) groups excluding carboxylic acids is 1. The van der Waals surface area contributed by atoms with E-state index in [4.69, 9.17) is 10.00 Å². The molecule has 0 aliphatic heterocycles. The lowest BCUT2D eigenvalue weighted by molar-refractivity contribution is -0.143. The van der Waals surface area contributed by atoms with Gasteiger partial charge in [-0.2, -0.15) is 5.26 Å². The molecule has 0 fully saturated rings. The maximum Gasteiger partial charge on any atom is 0.306 e. The van der Waals surface area contributed by atoms with E-state index < -0.39 is 5.83 Å². The number of halogens is 1. The predicted octanol–water partition coefficient (Wildman–Crippen LogP) is 2.61. The molecule has 0 spiro atoms. The van der Waals surface area contributed by atoms with Gasteiger partial charge >= 0.3 is 5.97 Å². The van der Waals surface area contributed by atoms with Crippen molar-refractivity contribution in [2.24, 2.45) is 0 Å². The summed E-state index contributed by atoms with van der Waals surface area (Å²) in [5, 5.41) is 8.80. The summed E-state index contributed by atoms with van der Waals surface area (Å²) in [7, 11) is 0. The summed E-state index contributed by atoms with van der Waals surface area (Å²) in [6.07, 6.45) is 3.68. The Kier molecular flexibility index (Phi) is 4.71. The lowest BCUT2D eigenvalue weighted by Gasteiger charge is -2.12. The molecule has 0 bridgehead atoms. The SMILES string of the molecule is CCOC(=O)CCC1=C(C#N)C=C(F)[CH]C1. The number of hydrogen-bond acceptors (Lipinski definition) is 3. The third-order valence-corrected chi connectivity index (χ3v) is 2.26. The lowest BCUT2D eigenvalue weighted by atomic mass is 9.94. The van der Waals surface area contributed by atoms with Gasteiger partial charge in [0.2, 0.25) is 0 Å². The zero-order valence-electron chi connectivity index (χ0n) is 9.12. The first-order valence-electron chi connectivity index (χ1n) is 5.15. The number of rotatable bonds is 4. The van der Waals surface area contributed by atoms with Crippen LogP contribution in [0, 0.1) is 17.8 Å². The Hall–Kier alpha value is -1.63. The van der Waals surface area contributed by atoms with Crippen LogP contribution in [0.15, 0.2) is 23.0 Å². The minimum Gasteiger partial charge on any atom is -0.466 e. The van der Waals surface area contributed by atoms with Crippen molar-refractivity contribution in [2.75, 3.05) is 6.61 Å². The summed E-state index contributed by atoms with van der Waals surface area (Å²) in [4.78, 5) is 11.1. The van der Waals surface area contributed by atoms with Crippen molar-refractivity contribution in [3.63, 3.8) is 0 Å². The Morgan fingerprint density at radius 3 is 3.06 bits per heavy atom. The zero-order valence-corrected chi connectivity index (χ0v) is 9.12. The van der Waals surface area contributed by atoms with Gasteiger partial charge in [-0.15, -0.1) is 0 Å². The fourth-order valence-corrected chi connectivity index (χ4v) is 1.46. The van der Waals surface area contributed by atoms with E-state index in [0.717, 1.165) is 5.57 Å². The summed E-state index contributed by atoms with van der Waals surface area (Å²) >= 11 is 0. The molecule has 0 aromatic carbocycles. The first-order chi connectivity index (χ1) is 7.67. The molecule has 0 saturated carbocycles. The standard InChI is InChI=1S/C12H13FNO2/c1-2-16-12(15)6-4-9-3-5-11(13)7-10(9)8-14/h5,7H,2-4,6H2,1H3. The highest BCUT2D eigenvalue weighted by Gasteiger charge is 2.14. The molecule has 0 aromatic rings. The first-order valence-corrected chi connectivity index (χ1v) is 5.15. The Balaban J connectivity index is 2.59. The maximum absolute atomic E-state index is 12.8. The largest absolute Gasteiger partial charge is 0.466 e. The topological polar surface area (TPSA) is 50.1 Å². The van der Waals surface area contributed by atoms with Crippen LogP contribution in [-0.4, -0.2) is 12.6 Å². The van der Waals surface area contributed by atoms with Gasteiger partial charge in [-0.1, -0.05) is 5.57 Å². The summed E-state index contributed by atoms with van der Waals surface area (Å²) < 4.78 is 17.6. The molecule has 0 saturated heterocycles. The molecule has 0 unspecified atom stereocenters. The van der Waals surface area contributed by atoms with Gasteiger partial charge in [0.25, 0.3) is 0 Å². The highest BCUT2D eigenvalue weighted by atomic mass is 19.1. The van der Waals surface area contributed by atoms with Gasteiger partial charge in [0.05, 0.1) is 18.2 Å². The molecule has 0 aromatic heterocycles. The number of hydrogen-bond donors (Lipinski definition) is 0. The van der Waals surface area contributed by atoms with Gasteiger partial charge in [0.15, 0.2) is 0 Å². The van der Waals surface area contributed by atoms with Crippen molar-refractivity contribution >= 4 is 5.97 Å². The van der Waals surface area contributed by atoms with E-state index in [1.807, 2.05) is 6.07 Å². The lowest BCUT2D eigenvalue weighted by Crippen LogP contribution is -2.06. The molecule has 0 heterocycles. The Morgan fingerprint density at radius 1 is 1.69 bits per heavy atom. The van der Waals surface area contributed by atoms with Crippen molar-refractivity contribution in [3.8, 4) is 6.07 Å². The van der Waals surface area contributed by atoms with E-state index in [1.165, 1.54) is 12.5 Å². The fraction of sp³-hybridized carbons (Fsp3) is 0.417. The maximum atomic E-state index is 12.8. The number of nitrogens with zero attached hydrogens (tertiary/aromatic N) is 1. The quantitative estimate of drug-likeness (QED) is 0.687. The van der Waals surface area contributed by atoms with Crippen LogP contribution < -0.4 is 0 Å². The Labute approximate surface area is 94.2 Å². The highest BCUT2D eigenvalue weighted by Crippen LogP contribution is 2.26. The summed E-state index contributed by atoms with van der Waals surface area (Å²) in [6, 6.07) is 1.93. The van der Waals surface area contributed by atoms with Gasteiger partial charge in [0.1, 0.15) is 5.83 Å². The van der Waals surface area contributed by atoms with Crippen LogP contribution in [0.25, 0.3) is 0 Å². The molecule has 3 nitrogen and oxygen atoms in total. The normalized spacial score (nSPS) is 15.4. The molecule has 1 radical (unpaired) electrons. The molecule has 0 N–H and O–H groups in total. The number of ether oxygens (including phenoxy) is 1. The molecule has 0 amide bonds. The van der Waals surface area contributed by atoms with Gasteiger partial charge in [-0.25, -0.2) is 4.39 Å². The van der Waals surface area contributed by atoms with Crippen LogP contribution >= 0.6 is 0 Å². The number of allylic oxidation sites excluding steroid dienone is 4. The average molecular weight is 222 g/mol. The van der Waals surface area contributed by atoms with Gasteiger partial charge in [-0.3, -0.25) is 4.79 Å². The molecule has 4 heteroatoms. The van der Waals surface area contributed by atoms with E-state index in [9.17, 15) is 9.18 Å². The molecule has 85 valence electrons. The third kappa shape index (κ3) is 3.50. The smallest absolute Gasteiger partial charge is 0.306 e. The molecule has 0 atom stereocenters. The Morgan fingerprint density at radius 2 is 2.44 bits per heavy atom. The van der Waals surface area contributed by atoms with E-state index in [1.54, 1.807) is 6.92 Å². The van der Waals surface area contributed by atoms with Crippen LogP contribution in [0.2, 0.25) is 0 Å². The highest BCUT2D eigenvalue weighted by molar-refractivity contribution is 5.69. The predicted molar refractivity (Wildman–Crippen MR) is 56.6 cm³/mol. The molecule has 1 aliphatic carbocycles. The van der Waals surface area contributed by atoms with Crippen molar-refractivity contribution in [3.05, 3.63) is 29.5 Å². The van der Waals surface area contributed by atoms with Crippen LogP contribution in [0.1, 0.15) is 26.2 Å². The molecular formula is C12H13FNO2. The molecular weight excluding hydrogens is 209 g/mol. The first kappa shape index (κ1) is 12.4.